The van der Waals surface area contributed by atoms with Gasteiger partial charge in [0, 0.05) is 11.0 Å². The van der Waals surface area contributed by atoms with Gasteiger partial charge in [0.05, 0.1) is 5.56 Å². The second-order valence-corrected chi connectivity index (χ2v) is 5.62. The molecule has 0 aliphatic rings. The zero-order valence-corrected chi connectivity index (χ0v) is 12.4. The van der Waals surface area contributed by atoms with E-state index in [1.807, 2.05) is 0 Å². The van der Waals surface area contributed by atoms with E-state index in [0.29, 0.717) is 22.5 Å². The molecule has 0 aliphatic heterocycles. The minimum atomic E-state index is -0.400. The van der Waals surface area contributed by atoms with Gasteiger partial charge in [-0.3, -0.25) is 4.79 Å². The second kappa shape index (κ2) is 7.52. The highest BCUT2D eigenvalue weighted by Gasteiger charge is 2.10. The van der Waals surface area contributed by atoms with Crippen LogP contribution in [0.15, 0.2) is 22.7 Å². The molecule has 1 aromatic rings. The van der Waals surface area contributed by atoms with Gasteiger partial charge >= 0.3 is 0 Å². The average Bonchev–Trinajstić information content (AvgIpc) is 2.31. The fourth-order valence-corrected chi connectivity index (χ4v) is 2.07. The van der Waals surface area contributed by atoms with Crippen LogP contribution in [0.2, 0.25) is 0 Å². The summed E-state index contributed by atoms with van der Waals surface area (Å²) in [6.45, 7) is 5.00. The van der Waals surface area contributed by atoms with Gasteiger partial charge < -0.3 is 5.32 Å². The first-order valence-electron chi connectivity index (χ1n) is 6.24. The molecule has 0 fully saturated rings. The van der Waals surface area contributed by atoms with Crippen LogP contribution in [0.3, 0.4) is 0 Å². The first-order valence-corrected chi connectivity index (χ1v) is 7.03. The van der Waals surface area contributed by atoms with Crippen LogP contribution in [0.5, 0.6) is 0 Å². The minimum absolute atomic E-state index is 0.231. The number of rotatable bonds is 6. The van der Waals surface area contributed by atoms with Crippen LogP contribution in [-0.2, 0) is 0 Å². The zero-order valence-electron chi connectivity index (χ0n) is 10.8. The van der Waals surface area contributed by atoms with Crippen LogP contribution in [0.4, 0.5) is 4.39 Å². The molecule has 0 unspecified atom stereocenters. The number of nitrogens with one attached hydrogen (secondary N) is 1. The molecule has 18 heavy (non-hydrogen) atoms. The summed E-state index contributed by atoms with van der Waals surface area (Å²) in [7, 11) is 0. The summed E-state index contributed by atoms with van der Waals surface area (Å²) in [6, 6.07) is 4.11. The van der Waals surface area contributed by atoms with Crippen molar-refractivity contribution < 1.29 is 9.18 Å². The molecule has 0 bridgehead atoms. The van der Waals surface area contributed by atoms with Crippen molar-refractivity contribution in [2.45, 2.75) is 33.1 Å². The first-order chi connectivity index (χ1) is 8.50. The van der Waals surface area contributed by atoms with Gasteiger partial charge in [0.15, 0.2) is 0 Å². The van der Waals surface area contributed by atoms with Crippen molar-refractivity contribution in [2.24, 2.45) is 5.92 Å². The summed E-state index contributed by atoms with van der Waals surface area (Å²) < 4.78 is 13.7. The number of carbonyl (C=O) groups excluding carboxylic acids is 1. The standard InChI is InChI=1S/C14H19BrFNO/c1-10(2)5-3-4-8-17-14(18)12-9-11(16)6-7-13(12)15/h6-7,9-10H,3-5,8H2,1-2H3,(H,17,18). The quantitative estimate of drug-likeness (QED) is 0.785. The fraction of sp³-hybridized carbons (Fsp3) is 0.500. The third-order valence-corrected chi connectivity index (χ3v) is 3.36. The molecule has 0 spiro atoms. The van der Waals surface area contributed by atoms with Gasteiger partial charge in [0.25, 0.3) is 5.91 Å². The number of benzene rings is 1. The number of unbranched alkanes of at least 4 members (excludes halogenated alkanes) is 1. The summed E-state index contributed by atoms with van der Waals surface area (Å²) in [5, 5.41) is 2.81. The number of halogens is 2. The van der Waals surface area contributed by atoms with Crippen molar-refractivity contribution >= 4 is 21.8 Å². The lowest BCUT2D eigenvalue weighted by molar-refractivity contribution is 0.0951. The van der Waals surface area contributed by atoms with Gasteiger partial charge in [0.2, 0.25) is 0 Å². The van der Waals surface area contributed by atoms with Crippen LogP contribution in [0.25, 0.3) is 0 Å². The third-order valence-electron chi connectivity index (χ3n) is 2.67. The van der Waals surface area contributed by atoms with E-state index in [9.17, 15) is 9.18 Å². The molecular formula is C14H19BrFNO. The summed E-state index contributed by atoms with van der Waals surface area (Å²) >= 11 is 3.25. The molecule has 100 valence electrons. The Morgan fingerprint density at radius 1 is 1.39 bits per heavy atom. The van der Waals surface area contributed by atoms with Gasteiger partial charge in [-0.05, 0) is 46.5 Å². The number of hydrogen-bond donors (Lipinski definition) is 1. The van der Waals surface area contributed by atoms with E-state index in [-0.39, 0.29) is 5.91 Å². The molecule has 2 nitrogen and oxygen atoms in total. The maximum absolute atomic E-state index is 13.0. The van der Waals surface area contributed by atoms with Gasteiger partial charge in [-0.15, -0.1) is 0 Å². The highest BCUT2D eigenvalue weighted by Crippen LogP contribution is 2.17. The molecular weight excluding hydrogens is 297 g/mol. The van der Waals surface area contributed by atoms with E-state index < -0.39 is 5.82 Å². The lowest BCUT2D eigenvalue weighted by atomic mass is 10.1. The Balaban J connectivity index is 2.39. The Bertz CT molecular complexity index is 407. The molecule has 4 heteroatoms. The Morgan fingerprint density at radius 3 is 2.78 bits per heavy atom. The van der Waals surface area contributed by atoms with E-state index in [4.69, 9.17) is 0 Å². The largest absolute Gasteiger partial charge is 0.352 e. The van der Waals surface area contributed by atoms with Crippen LogP contribution in [-0.4, -0.2) is 12.5 Å². The van der Waals surface area contributed by atoms with E-state index in [2.05, 4.69) is 35.1 Å². The molecule has 1 N–H and O–H groups in total. The highest BCUT2D eigenvalue weighted by molar-refractivity contribution is 9.10. The summed E-state index contributed by atoms with van der Waals surface area (Å²) in [4.78, 5) is 11.8. The monoisotopic (exact) mass is 315 g/mol. The van der Waals surface area contributed by atoms with E-state index in [0.717, 1.165) is 12.8 Å². The van der Waals surface area contributed by atoms with E-state index in [1.165, 1.54) is 18.6 Å². The van der Waals surface area contributed by atoms with Crippen molar-refractivity contribution in [1.29, 1.82) is 0 Å². The molecule has 0 saturated heterocycles. The minimum Gasteiger partial charge on any atom is -0.352 e. The third kappa shape index (κ3) is 5.17. The predicted octanol–water partition coefficient (Wildman–Crippen LogP) is 4.14. The van der Waals surface area contributed by atoms with Gasteiger partial charge in [0.1, 0.15) is 5.82 Å². The van der Waals surface area contributed by atoms with Crippen LogP contribution in [0, 0.1) is 11.7 Å². The lowest BCUT2D eigenvalue weighted by Crippen LogP contribution is -2.25. The van der Waals surface area contributed by atoms with Crippen molar-refractivity contribution in [3.8, 4) is 0 Å². The summed E-state index contributed by atoms with van der Waals surface area (Å²) in [6.07, 6.45) is 3.22. The normalized spacial score (nSPS) is 10.7. The van der Waals surface area contributed by atoms with E-state index in [1.54, 1.807) is 6.07 Å². The van der Waals surface area contributed by atoms with Crippen LogP contribution in [0.1, 0.15) is 43.5 Å². The van der Waals surface area contributed by atoms with Crippen molar-refractivity contribution in [3.05, 3.63) is 34.1 Å². The maximum Gasteiger partial charge on any atom is 0.252 e. The number of hydrogen-bond acceptors (Lipinski definition) is 1. The molecule has 1 amide bonds. The van der Waals surface area contributed by atoms with Gasteiger partial charge in [-0.25, -0.2) is 4.39 Å². The Hall–Kier alpha value is -0.900. The average molecular weight is 316 g/mol. The Labute approximate surface area is 116 Å². The van der Waals surface area contributed by atoms with Gasteiger partial charge in [-0.1, -0.05) is 26.7 Å². The van der Waals surface area contributed by atoms with Crippen LogP contribution >= 0.6 is 15.9 Å². The molecule has 0 aromatic heterocycles. The summed E-state index contributed by atoms with van der Waals surface area (Å²) in [5.74, 6) is 0.0622. The molecule has 0 aliphatic carbocycles. The molecule has 0 heterocycles. The summed E-state index contributed by atoms with van der Waals surface area (Å²) in [5.41, 5.74) is 0.346. The number of carbonyl (C=O) groups is 1. The smallest absolute Gasteiger partial charge is 0.252 e. The van der Waals surface area contributed by atoms with Crippen molar-refractivity contribution in [3.63, 3.8) is 0 Å². The first kappa shape index (κ1) is 15.2. The Morgan fingerprint density at radius 2 is 2.11 bits per heavy atom. The molecule has 0 saturated carbocycles. The fourth-order valence-electron chi connectivity index (χ4n) is 1.65. The SMILES string of the molecule is CC(C)CCCCNC(=O)c1cc(F)ccc1Br. The molecule has 1 aromatic carbocycles. The van der Waals surface area contributed by atoms with E-state index >= 15 is 0 Å². The number of amides is 1. The second-order valence-electron chi connectivity index (χ2n) is 4.77. The Kier molecular flexibility index (Phi) is 6.33. The van der Waals surface area contributed by atoms with Crippen molar-refractivity contribution in [2.75, 3.05) is 6.54 Å². The van der Waals surface area contributed by atoms with Gasteiger partial charge in [-0.2, -0.15) is 0 Å². The maximum atomic E-state index is 13.0. The topological polar surface area (TPSA) is 29.1 Å². The molecule has 0 radical (unpaired) electrons. The lowest BCUT2D eigenvalue weighted by Gasteiger charge is -2.08. The molecule has 0 atom stereocenters. The predicted molar refractivity (Wildman–Crippen MR) is 75.1 cm³/mol. The van der Waals surface area contributed by atoms with Crippen molar-refractivity contribution in [1.82, 2.24) is 5.32 Å². The molecule has 1 rings (SSSR count). The zero-order chi connectivity index (χ0) is 13.5. The highest BCUT2D eigenvalue weighted by atomic mass is 79.9. The van der Waals surface area contributed by atoms with Crippen LogP contribution < -0.4 is 5.32 Å².